The number of hydrogen-bond donors (Lipinski definition) is 2. The Balaban J connectivity index is 2.70. The van der Waals surface area contributed by atoms with Gasteiger partial charge in [-0.05, 0) is 18.1 Å². The van der Waals surface area contributed by atoms with Crippen molar-refractivity contribution in [1.82, 2.24) is 4.72 Å². The van der Waals surface area contributed by atoms with E-state index in [4.69, 9.17) is 10.5 Å². The first-order chi connectivity index (χ1) is 9.97. The van der Waals surface area contributed by atoms with E-state index >= 15 is 0 Å². The smallest absolute Gasteiger partial charge is 0.241 e. The maximum absolute atomic E-state index is 12.2. The Labute approximate surface area is 126 Å². The van der Waals surface area contributed by atoms with Crippen molar-refractivity contribution in [3.05, 3.63) is 29.8 Å². The van der Waals surface area contributed by atoms with Crippen molar-refractivity contribution in [3.8, 4) is 11.8 Å². The van der Waals surface area contributed by atoms with Gasteiger partial charge in [0, 0.05) is 18.7 Å². The van der Waals surface area contributed by atoms with E-state index in [-0.39, 0.29) is 18.0 Å². The van der Waals surface area contributed by atoms with Crippen LogP contribution in [-0.4, -0.2) is 34.7 Å². The molecule has 116 valence electrons. The van der Waals surface area contributed by atoms with Crippen LogP contribution < -0.4 is 10.5 Å². The molecule has 0 radical (unpaired) electrons. The van der Waals surface area contributed by atoms with E-state index < -0.39 is 10.0 Å². The standard InChI is InChI=1S/C15H22N2O3S/c1-13(2)12-20-11-10-17-21(18,19)15-8-4-3-6-14(15)7-5-9-16/h3-4,6,8,13,17H,9-12,16H2,1-2H3. The monoisotopic (exact) mass is 310 g/mol. The van der Waals surface area contributed by atoms with Gasteiger partial charge in [0.15, 0.2) is 0 Å². The van der Waals surface area contributed by atoms with Crippen molar-refractivity contribution in [1.29, 1.82) is 0 Å². The molecule has 0 saturated heterocycles. The van der Waals surface area contributed by atoms with Gasteiger partial charge in [-0.3, -0.25) is 0 Å². The zero-order valence-corrected chi connectivity index (χ0v) is 13.2. The fourth-order valence-corrected chi connectivity index (χ4v) is 2.77. The first-order valence-corrected chi connectivity index (χ1v) is 8.31. The summed E-state index contributed by atoms with van der Waals surface area (Å²) in [7, 11) is -3.60. The molecule has 1 aromatic rings. The van der Waals surface area contributed by atoms with Crippen LogP contribution in [0.15, 0.2) is 29.2 Å². The van der Waals surface area contributed by atoms with Gasteiger partial charge in [-0.15, -0.1) is 0 Å². The minimum absolute atomic E-state index is 0.162. The number of sulfonamides is 1. The molecule has 0 aliphatic carbocycles. The SMILES string of the molecule is CC(C)COCCNS(=O)(=O)c1ccccc1C#CCN. The predicted octanol–water partition coefficient (Wildman–Crippen LogP) is 0.948. The van der Waals surface area contributed by atoms with Gasteiger partial charge in [0.1, 0.15) is 0 Å². The van der Waals surface area contributed by atoms with E-state index in [1.54, 1.807) is 18.2 Å². The normalized spacial score (nSPS) is 11.2. The zero-order chi connectivity index (χ0) is 15.7. The van der Waals surface area contributed by atoms with Crippen molar-refractivity contribution in [2.75, 3.05) is 26.3 Å². The Hall–Kier alpha value is -1.39. The van der Waals surface area contributed by atoms with Crippen molar-refractivity contribution >= 4 is 10.0 Å². The van der Waals surface area contributed by atoms with E-state index in [0.29, 0.717) is 24.7 Å². The predicted molar refractivity (Wildman–Crippen MR) is 83.2 cm³/mol. The highest BCUT2D eigenvalue weighted by molar-refractivity contribution is 7.89. The second-order valence-electron chi connectivity index (χ2n) is 4.87. The van der Waals surface area contributed by atoms with Gasteiger partial charge in [0.05, 0.1) is 18.0 Å². The zero-order valence-electron chi connectivity index (χ0n) is 12.4. The Morgan fingerprint density at radius 2 is 2.05 bits per heavy atom. The number of nitrogens with two attached hydrogens (primary N) is 1. The Morgan fingerprint density at radius 3 is 2.71 bits per heavy atom. The van der Waals surface area contributed by atoms with Gasteiger partial charge in [-0.1, -0.05) is 37.8 Å². The van der Waals surface area contributed by atoms with Gasteiger partial charge in [0.25, 0.3) is 0 Å². The number of benzene rings is 1. The van der Waals surface area contributed by atoms with Crippen LogP contribution in [0.3, 0.4) is 0 Å². The van der Waals surface area contributed by atoms with Gasteiger partial charge < -0.3 is 10.5 Å². The van der Waals surface area contributed by atoms with Crippen LogP contribution in [0.4, 0.5) is 0 Å². The molecule has 0 saturated carbocycles. The number of hydrogen-bond acceptors (Lipinski definition) is 4. The molecule has 0 aliphatic rings. The highest BCUT2D eigenvalue weighted by atomic mass is 32.2. The first-order valence-electron chi connectivity index (χ1n) is 6.82. The average Bonchev–Trinajstić information content (AvgIpc) is 2.44. The summed E-state index contributed by atoms with van der Waals surface area (Å²) in [6.45, 7) is 5.44. The quantitative estimate of drug-likeness (QED) is 0.580. The summed E-state index contributed by atoms with van der Waals surface area (Å²) in [6, 6.07) is 6.59. The summed E-state index contributed by atoms with van der Waals surface area (Å²) in [6.07, 6.45) is 0. The largest absolute Gasteiger partial charge is 0.380 e. The summed E-state index contributed by atoms with van der Waals surface area (Å²) in [5.41, 5.74) is 5.76. The van der Waals surface area contributed by atoms with Crippen molar-refractivity contribution < 1.29 is 13.2 Å². The topological polar surface area (TPSA) is 81.4 Å². The summed E-state index contributed by atoms with van der Waals surface area (Å²) in [5.74, 6) is 5.86. The molecule has 6 heteroatoms. The summed E-state index contributed by atoms with van der Waals surface area (Å²) in [5, 5.41) is 0. The van der Waals surface area contributed by atoms with E-state index in [1.165, 1.54) is 6.07 Å². The summed E-state index contributed by atoms with van der Waals surface area (Å²) in [4.78, 5) is 0.162. The van der Waals surface area contributed by atoms with E-state index in [2.05, 4.69) is 16.6 Å². The molecule has 3 N–H and O–H groups in total. The van der Waals surface area contributed by atoms with Crippen LogP contribution in [0.2, 0.25) is 0 Å². The Kier molecular flexibility index (Phi) is 7.40. The molecule has 0 bridgehead atoms. The van der Waals surface area contributed by atoms with Crippen LogP contribution in [0.5, 0.6) is 0 Å². The fraction of sp³-hybridized carbons (Fsp3) is 0.467. The lowest BCUT2D eigenvalue weighted by atomic mass is 10.2. The van der Waals surface area contributed by atoms with Crippen molar-refractivity contribution in [2.24, 2.45) is 11.7 Å². The van der Waals surface area contributed by atoms with Crippen LogP contribution in [0, 0.1) is 17.8 Å². The second-order valence-corrected chi connectivity index (χ2v) is 6.60. The molecule has 0 fully saturated rings. The van der Waals surface area contributed by atoms with Crippen LogP contribution in [0.1, 0.15) is 19.4 Å². The minimum atomic E-state index is -3.60. The van der Waals surface area contributed by atoms with E-state index in [9.17, 15) is 8.42 Å². The number of rotatable bonds is 7. The third-order valence-corrected chi connectivity index (χ3v) is 4.01. The maximum Gasteiger partial charge on any atom is 0.241 e. The van der Waals surface area contributed by atoms with Gasteiger partial charge in [0.2, 0.25) is 10.0 Å². The first kappa shape index (κ1) is 17.7. The van der Waals surface area contributed by atoms with Gasteiger partial charge >= 0.3 is 0 Å². The fourth-order valence-electron chi connectivity index (χ4n) is 1.60. The molecule has 0 spiro atoms. The van der Waals surface area contributed by atoms with E-state index in [0.717, 1.165) is 0 Å². The van der Waals surface area contributed by atoms with Gasteiger partial charge in [-0.25, -0.2) is 13.1 Å². The maximum atomic E-state index is 12.2. The molecule has 0 atom stereocenters. The molecular formula is C15H22N2O3S. The molecule has 0 unspecified atom stereocenters. The lowest BCUT2D eigenvalue weighted by Gasteiger charge is -2.10. The molecule has 1 aromatic carbocycles. The Morgan fingerprint density at radius 1 is 1.33 bits per heavy atom. The molecule has 0 aliphatic heterocycles. The van der Waals surface area contributed by atoms with Crippen molar-refractivity contribution in [2.45, 2.75) is 18.7 Å². The highest BCUT2D eigenvalue weighted by Crippen LogP contribution is 2.13. The molecule has 1 rings (SSSR count). The lowest BCUT2D eigenvalue weighted by Crippen LogP contribution is -2.28. The Bertz CT molecular complexity index is 601. The average molecular weight is 310 g/mol. The van der Waals surface area contributed by atoms with Crippen LogP contribution >= 0.6 is 0 Å². The molecule has 0 amide bonds. The lowest BCUT2D eigenvalue weighted by molar-refractivity contribution is 0.114. The third-order valence-electron chi connectivity index (χ3n) is 2.49. The molecule has 21 heavy (non-hydrogen) atoms. The molecule has 0 aromatic heterocycles. The summed E-state index contributed by atoms with van der Waals surface area (Å²) >= 11 is 0. The van der Waals surface area contributed by atoms with Crippen LogP contribution in [0.25, 0.3) is 0 Å². The second kappa shape index (κ2) is 8.80. The number of nitrogens with one attached hydrogen (secondary N) is 1. The van der Waals surface area contributed by atoms with Crippen LogP contribution in [-0.2, 0) is 14.8 Å². The molecule has 0 heterocycles. The molecule has 5 nitrogen and oxygen atoms in total. The number of ether oxygens (including phenoxy) is 1. The summed E-state index contributed by atoms with van der Waals surface area (Å²) < 4.78 is 32.4. The highest BCUT2D eigenvalue weighted by Gasteiger charge is 2.16. The van der Waals surface area contributed by atoms with Gasteiger partial charge in [-0.2, -0.15) is 0 Å². The minimum Gasteiger partial charge on any atom is -0.380 e. The van der Waals surface area contributed by atoms with Crippen molar-refractivity contribution in [3.63, 3.8) is 0 Å². The third kappa shape index (κ3) is 6.27. The molecular weight excluding hydrogens is 288 g/mol. The van der Waals surface area contributed by atoms with E-state index in [1.807, 2.05) is 13.8 Å².